The van der Waals surface area contributed by atoms with Crippen LogP contribution in [0.2, 0.25) is 0 Å². The minimum absolute atomic E-state index is 0.0212. The number of nitrogen functional groups attached to an aromatic ring is 1. The Morgan fingerprint density at radius 2 is 1.93 bits per heavy atom. The Morgan fingerprint density at radius 1 is 1.19 bits per heavy atom. The summed E-state index contributed by atoms with van der Waals surface area (Å²) in [7, 11) is 0. The van der Waals surface area contributed by atoms with Gasteiger partial charge in [0.15, 0.2) is 11.6 Å². The Labute approximate surface area is 162 Å². The number of nitrogens with zero attached hydrogens (tertiary/aromatic N) is 3. The number of Topliss-reactive ketones (excluding diaryl/α,β-unsaturated/α-hetero) is 1. The quantitative estimate of drug-likeness (QED) is 0.379. The van der Waals surface area contributed by atoms with Crippen LogP contribution in [0.3, 0.4) is 0 Å². The third-order valence-electron chi connectivity index (χ3n) is 4.10. The van der Waals surface area contributed by atoms with Crippen molar-refractivity contribution < 1.29 is 9.53 Å². The van der Waals surface area contributed by atoms with Gasteiger partial charge in [-0.05, 0) is 39.0 Å². The molecule has 1 aromatic heterocycles. The summed E-state index contributed by atoms with van der Waals surface area (Å²) in [5.74, 6) is 8.16. The van der Waals surface area contributed by atoms with Crippen molar-refractivity contribution >= 4 is 17.5 Å². The van der Waals surface area contributed by atoms with E-state index in [1.807, 2.05) is 50.2 Å². The number of hydrogen-bond donors (Lipinski definition) is 1. The van der Waals surface area contributed by atoms with Crippen LogP contribution in [0.1, 0.15) is 35.3 Å². The van der Waals surface area contributed by atoms with Crippen LogP contribution in [0.15, 0.2) is 47.6 Å². The van der Waals surface area contributed by atoms with Gasteiger partial charge in [0.2, 0.25) is 5.16 Å². The van der Waals surface area contributed by atoms with Gasteiger partial charge in [-0.3, -0.25) is 4.79 Å². The second-order valence-electron chi connectivity index (χ2n) is 6.14. The maximum atomic E-state index is 11.7. The first-order chi connectivity index (χ1) is 13.0. The smallest absolute Gasteiger partial charge is 0.210 e. The maximum absolute atomic E-state index is 11.7. The largest absolute Gasteiger partial charge is 0.494 e. The fraction of sp³-hybridized carbons (Fsp3) is 0.250. The molecule has 0 aliphatic carbocycles. The number of nitrogens with two attached hydrogens (primary N) is 1. The third kappa shape index (κ3) is 4.31. The highest BCUT2D eigenvalue weighted by atomic mass is 32.2. The number of carbonyl (C=O) groups excluding carboxylic acids is 1. The zero-order valence-electron chi connectivity index (χ0n) is 15.6. The summed E-state index contributed by atoms with van der Waals surface area (Å²) in [6, 6.07) is 13.4. The Morgan fingerprint density at radius 3 is 2.59 bits per heavy atom. The van der Waals surface area contributed by atoms with Crippen molar-refractivity contribution in [2.75, 3.05) is 12.4 Å². The zero-order chi connectivity index (χ0) is 19.4. The van der Waals surface area contributed by atoms with Crippen LogP contribution < -0.4 is 10.6 Å². The summed E-state index contributed by atoms with van der Waals surface area (Å²) < 4.78 is 7.17. The lowest BCUT2D eigenvalue weighted by Crippen LogP contribution is -2.11. The van der Waals surface area contributed by atoms with E-state index >= 15 is 0 Å². The molecule has 0 saturated carbocycles. The van der Waals surface area contributed by atoms with E-state index in [4.69, 9.17) is 10.6 Å². The van der Waals surface area contributed by atoms with Gasteiger partial charge in [-0.15, -0.1) is 10.2 Å². The van der Waals surface area contributed by atoms with Crippen molar-refractivity contribution in [3.05, 3.63) is 59.2 Å². The minimum Gasteiger partial charge on any atom is -0.494 e. The summed E-state index contributed by atoms with van der Waals surface area (Å²) in [5, 5.41) is 9.02. The Hall–Kier alpha value is -2.80. The Bertz CT molecular complexity index is 951. The van der Waals surface area contributed by atoms with Gasteiger partial charge in [0, 0.05) is 22.4 Å². The summed E-state index contributed by atoms with van der Waals surface area (Å²) in [5.41, 5.74) is 3.67. The lowest BCUT2D eigenvalue weighted by Gasteiger charge is -2.11. The normalized spacial score (nSPS) is 10.8. The van der Waals surface area contributed by atoms with Crippen LogP contribution >= 0.6 is 11.8 Å². The molecule has 0 saturated heterocycles. The topological polar surface area (TPSA) is 83.0 Å². The Kier molecular flexibility index (Phi) is 5.81. The SMILES string of the molecule is CCOc1ccc(C(C)=O)cc1CSc1nnc(-c2ccc(C)cc2)n1N. The number of aryl methyl sites for hydroxylation is 1. The molecule has 0 aliphatic rings. The van der Waals surface area contributed by atoms with Crippen molar-refractivity contribution in [2.45, 2.75) is 31.7 Å². The monoisotopic (exact) mass is 382 g/mol. The molecule has 0 aliphatic heterocycles. The van der Waals surface area contributed by atoms with Gasteiger partial charge in [-0.2, -0.15) is 0 Å². The van der Waals surface area contributed by atoms with E-state index in [2.05, 4.69) is 10.2 Å². The molecule has 1 heterocycles. The van der Waals surface area contributed by atoms with E-state index in [0.717, 1.165) is 16.9 Å². The molecular formula is C20H22N4O2S. The maximum Gasteiger partial charge on any atom is 0.210 e. The highest BCUT2D eigenvalue weighted by Gasteiger charge is 2.14. The van der Waals surface area contributed by atoms with Crippen molar-refractivity contribution in [3.63, 3.8) is 0 Å². The Balaban J connectivity index is 1.82. The van der Waals surface area contributed by atoms with Crippen molar-refractivity contribution in [1.29, 1.82) is 0 Å². The van der Waals surface area contributed by atoms with E-state index in [9.17, 15) is 4.79 Å². The number of ether oxygens (including phenoxy) is 1. The summed E-state index contributed by atoms with van der Waals surface area (Å²) >= 11 is 1.45. The third-order valence-corrected chi connectivity index (χ3v) is 5.09. The molecule has 0 radical (unpaired) electrons. The van der Waals surface area contributed by atoms with Crippen LogP contribution in [0.4, 0.5) is 0 Å². The van der Waals surface area contributed by atoms with Gasteiger partial charge in [0.1, 0.15) is 5.75 Å². The molecule has 140 valence electrons. The first-order valence-corrected chi connectivity index (χ1v) is 9.65. The minimum atomic E-state index is 0.0212. The standard InChI is InChI=1S/C20H22N4O2S/c1-4-26-18-10-9-16(14(3)25)11-17(18)12-27-20-23-22-19(24(20)21)15-7-5-13(2)6-8-15/h5-11H,4,12,21H2,1-3H3. The van der Waals surface area contributed by atoms with E-state index in [1.165, 1.54) is 22.0 Å². The average molecular weight is 382 g/mol. The molecule has 6 nitrogen and oxygen atoms in total. The van der Waals surface area contributed by atoms with E-state index in [1.54, 1.807) is 13.0 Å². The van der Waals surface area contributed by atoms with Gasteiger partial charge in [0.25, 0.3) is 0 Å². The predicted molar refractivity (Wildman–Crippen MR) is 108 cm³/mol. The van der Waals surface area contributed by atoms with Crippen LogP contribution in [0.5, 0.6) is 5.75 Å². The van der Waals surface area contributed by atoms with Crippen LogP contribution in [0.25, 0.3) is 11.4 Å². The van der Waals surface area contributed by atoms with E-state index < -0.39 is 0 Å². The second kappa shape index (κ2) is 8.26. The molecule has 2 aromatic carbocycles. The summed E-state index contributed by atoms with van der Waals surface area (Å²) in [6.07, 6.45) is 0. The molecule has 0 atom stereocenters. The second-order valence-corrected chi connectivity index (χ2v) is 7.09. The predicted octanol–water partition coefficient (Wildman–Crippen LogP) is 3.86. The van der Waals surface area contributed by atoms with E-state index in [0.29, 0.717) is 28.9 Å². The van der Waals surface area contributed by atoms with Gasteiger partial charge in [-0.1, -0.05) is 41.6 Å². The van der Waals surface area contributed by atoms with Gasteiger partial charge >= 0.3 is 0 Å². The number of carbonyl (C=O) groups is 1. The molecule has 7 heteroatoms. The lowest BCUT2D eigenvalue weighted by atomic mass is 10.1. The number of thioether (sulfide) groups is 1. The molecule has 27 heavy (non-hydrogen) atoms. The first kappa shape index (κ1) is 19.0. The van der Waals surface area contributed by atoms with Crippen molar-refractivity contribution in [1.82, 2.24) is 14.9 Å². The molecule has 0 bridgehead atoms. The molecule has 0 unspecified atom stereocenters. The number of ketones is 1. The molecule has 0 spiro atoms. The summed E-state index contributed by atoms with van der Waals surface area (Å²) in [4.78, 5) is 11.7. The highest BCUT2D eigenvalue weighted by molar-refractivity contribution is 7.98. The van der Waals surface area contributed by atoms with Gasteiger partial charge in [-0.25, -0.2) is 4.68 Å². The fourth-order valence-electron chi connectivity index (χ4n) is 2.62. The highest BCUT2D eigenvalue weighted by Crippen LogP contribution is 2.29. The molecule has 3 aromatic rings. The number of hydrogen-bond acceptors (Lipinski definition) is 6. The van der Waals surface area contributed by atoms with Gasteiger partial charge < -0.3 is 10.6 Å². The molecule has 2 N–H and O–H groups in total. The van der Waals surface area contributed by atoms with Gasteiger partial charge in [0.05, 0.1) is 6.61 Å². The van der Waals surface area contributed by atoms with Crippen LogP contribution in [0, 0.1) is 6.92 Å². The molecular weight excluding hydrogens is 360 g/mol. The molecule has 3 rings (SSSR count). The number of aromatic nitrogens is 3. The molecule has 0 amide bonds. The zero-order valence-corrected chi connectivity index (χ0v) is 16.4. The fourth-order valence-corrected chi connectivity index (χ4v) is 3.46. The van der Waals surface area contributed by atoms with Crippen LogP contribution in [-0.2, 0) is 5.75 Å². The van der Waals surface area contributed by atoms with Crippen molar-refractivity contribution in [2.24, 2.45) is 0 Å². The number of rotatable bonds is 7. The summed E-state index contributed by atoms with van der Waals surface area (Å²) in [6.45, 7) is 6.07. The molecule has 0 fully saturated rings. The number of benzene rings is 2. The van der Waals surface area contributed by atoms with Crippen LogP contribution in [-0.4, -0.2) is 27.3 Å². The average Bonchev–Trinajstić information content (AvgIpc) is 3.02. The lowest BCUT2D eigenvalue weighted by molar-refractivity contribution is 0.101. The van der Waals surface area contributed by atoms with E-state index in [-0.39, 0.29) is 5.78 Å². The van der Waals surface area contributed by atoms with Crippen molar-refractivity contribution in [3.8, 4) is 17.1 Å². The first-order valence-electron chi connectivity index (χ1n) is 8.66.